The molecular weight excluding hydrogens is 763 g/mol. The summed E-state index contributed by atoms with van der Waals surface area (Å²) in [7, 11) is 0. The molecule has 2 heterocycles. The molecule has 0 spiro atoms. The van der Waals surface area contributed by atoms with Gasteiger partial charge in [0.05, 0.1) is 22.8 Å². The molecule has 0 aliphatic carbocycles. The Balaban J connectivity index is 0.955. The summed E-state index contributed by atoms with van der Waals surface area (Å²) in [5.74, 6) is 0.858. The maximum absolute atomic E-state index is 5.39. The predicted molar refractivity (Wildman–Crippen MR) is 265 cm³/mol. The van der Waals surface area contributed by atoms with Gasteiger partial charge in [-0.15, -0.1) is 0 Å². The normalized spacial score (nSPS) is 13.9. The van der Waals surface area contributed by atoms with E-state index in [2.05, 4.69) is 246 Å². The SMILES string of the molecule is C1=C(c2ccc(-c3ccc(-c4ccc5c6ccccc6n(-c6ccccc6)c5c4)cc3)c3ccccc23)N=C(c2ccccc2)NC1c1ccc2ccccc2c1-c1ccccc1. The molecular formula is C60H41N3. The molecule has 0 bridgehead atoms. The van der Waals surface area contributed by atoms with Crippen LogP contribution in [-0.2, 0) is 0 Å². The lowest BCUT2D eigenvalue weighted by molar-refractivity contribution is 0.784. The van der Waals surface area contributed by atoms with Gasteiger partial charge in [-0.2, -0.15) is 0 Å². The van der Waals surface area contributed by atoms with Gasteiger partial charge >= 0.3 is 0 Å². The predicted octanol–water partition coefficient (Wildman–Crippen LogP) is 15.2. The summed E-state index contributed by atoms with van der Waals surface area (Å²) >= 11 is 0. The van der Waals surface area contributed by atoms with E-state index in [1.807, 2.05) is 0 Å². The van der Waals surface area contributed by atoms with Crippen LogP contribution >= 0.6 is 0 Å². The number of hydrogen-bond donors (Lipinski definition) is 1. The van der Waals surface area contributed by atoms with E-state index in [9.17, 15) is 0 Å². The Morgan fingerprint density at radius 1 is 0.381 bits per heavy atom. The average molecular weight is 804 g/mol. The summed E-state index contributed by atoms with van der Waals surface area (Å²) in [4.78, 5) is 5.39. The Kier molecular flexibility index (Phi) is 8.90. The van der Waals surface area contributed by atoms with Crippen LogP contribution in [0.2, 0.25) is 0 Å². The van der Waals surface area contributed by atoms with Gasteiger partial charge in [-0.25, -0.2) is 4.99 Å². The van der Waals surface area contributed by atoms with Crippen LogP contribution in [0.15, 0.2) is 242 Å². The van der Waals surface area contributed by atoms with Crippen molar-refractivity contribution in [1.29, 1.82) is 0 Å². The number of fused-ring (bicyclic) bond motifs is 5. The molecule has 1 aliphatic heterocycles. The van der Waals surface area contributed by atoms with Crippen LogP contribution in [0.5, 0.6) is 0 Å². The molecule has 0 amide bonds. The smallest absolute Gasteiger partial charge is 0.134 e. The maximum atomic E-state index is 5.39. The van der Waals surface area contributed by atoms with E-state index in [1.54, 1.807) is 0 Å². The van der Waals surface area contributed by atoms with E-state index < -0.39 is 0 Å². The number of aliphatic imine (C=N–C) groups is 1. The molecule has 1 aliphatic rings. The van der Waals surface area contributed by atoms with Gasteiger partial charge in [0.2, 0.25) is 0 Å². The van der Waals surface area contributed by atoms with Gasteiger partial charge in [0.25, 0.3) is 0 Å². The molecule has 0 saturated heterocycles. The minimum absolute atomic E-state index is 0.133. The highest BCUT2D eigenvalue weighted by Gasteiger charge is 2.25. The lowest BCUT2D eigenvalue weighted by Gasteiger charge is -2.27. The van der Waals surface area contributed by atoms with E-state index in [-0.39, 0.29) is 6.04 Å². The molecule has 1 atom stereocenters. The van der Waals surface area contributed by atoms with E-state index in [0.29, 0.717) is 0 Å². The van der Waals surface area contributed by atoms with Crippen LogP contribution in [0.25, 0.3) is 88.1 Å². The van der Waals surface area contributed by atoms with Crippen LogP contribution in [0.4, 0.5) is 0 Å². The zero-order chi connectivity index (χ0) is 41.7. The highest BCUT2D eigenvalue weighted by molar-refractivity contribution is 6.11. The molecule has 1 aromatic heterocycles. The lowest BCUT2D eigenvalue weighted by atomic mass is 9.88. The number of benzene rings is 10. The topological polar surface area (TPSA) is 29.3 Å². The second-order valence-corrected chi connectivity index (χ2v) is 16.3. The van der Waals surface area contributed by atoms with Crippen molar-refractivity contribution in [2.45, 2.75) is 6.04 Å². The Morgan fingerprint density at radius 3 is 1.71 bits per heavy atom. The van der Waals surface area contributed by atoms with Gasteiger partial charge in [0, 0.05) is 27.6 Å². The van der Waals surface area contributed by atoms with Crippen molar-refractivity contribution >= 4 is 54.9 Å². The summed E-state index contributed by atoms with van der Waals surface area (Å²) < 4.78 is 2.38. The third-order valence-electron chi connectivity index (χ3n) is 12.7. The van der Waals surface area contributed by atoms with Crippen LogP contribution < -0.4 is 5.32 Å². The third kappa shape index (κ3) is 6.41. The number of rotatable bonds is 7. The first-order chi connectivity index (χ1) is 31.2. The molecule has 10 aromatic carbocycles. The fourth-order valence-corrected chi connectivity index (χ4v) is 9.69. The molecule has 12 rings (SSSR count). The number of hydrogen-bond acceptors (Lipinski definition) is 2. The average Bonchev–Trinajstić information content (AvgIpc) is 3.70. The highest BCUT2D eigenvalue weighted by Crippen LogP contribution is 2.41. The van der Waals surface area contributed by atoms with E-state index in [4.69, 9.17) is 4.99 Å². The van der Waals surface area contributed by atoms with Gasteiger partial charge in [-0.05, 0) is 90.8 Å². The first kappa shape index (κ1) is 36.6. The van der Waals surface area contributed by atoms with Gasteiger partial charge in [-0.3, -0.25) is 0 Å². The summed E-state index contributed by atoms with van der Waals surface area (Å²) in [6, 6.07) is 83.0. The molecule has 1 unspecified atom stereocenters. The number of nitrogens with one attached hydrogen (secondary N) is 1. The van der Waals surface area contributed by atoms with Crippen LogP contribution in [0.1, 0.15) is 22.7 Å². The van der Waals surface area contributed by atoms with Gasteiger partial charge in [0.1, 0.15) is 5.84 Å². The molecule has 296 valence electrons. The van der Waals surface area contributed by atoms with Crippen molar-refractivity contribution in [2.24, 2.45) is 4.99 Å². The maximum Gasteiger partial charge on any atom is 0.134 e. The minimum atomic E-state index is -0.133. The van der Waals surface area contributed by atoms with Crippen LogP contribution in [0.3, 0.4) is 0 Å². The van der Waals surface area contributed by atoms with Gasteiger partial charge in [-0.1, -0.05) is 206 Å². The van der Waals surface area contributed by atoms with Crippen LogP contribution in [-0.4, -0.2) is 10.4 Å². The standard InChI is InChI=1S/C60H41N3/c1-4-17-43(18-5-1)59-48-23-11-10-16-41(48)32-35-54(59)56-39-55(61-60(62-56)44-19-6-2-7-20-44)51-37-36-47(49-24-12-13-25-50(49)51)42-30-28-40(29-31-42)45-33-34-53-52-26-14-15-27-57(52)63(58(53)38-45)46-21-8-3-9-22-46/h1-39,56H,(H,61,62). The molecule has 3 nitrogen and oxygen atoms in total. The van der Waals surface area contributed by atoms with Crippen molar-refractivity contribution < 1.29 is 0 Å². The third-order valence-corrected chi connectivity index (χ3v) is 12.7. The fraction of sp³-hybridized carbons (Fsp3) is 0.0167. The number of aromatic nitrogens is 1. The lowest BCUT2D eigenvalue weighted by Crippen LogP contribution is -2.31. The second-order valence-electron chi connectivity index (χ2n) is 16.3. The number of amidine groups is 1. The second kappa shape index (κ2) is 15.3. The summed E-state index contributed by atoms with van der Waals surface area (Å²) in [5.41, 5.74) is 15.1. The van der Waals surface area contributed by atoms with E-state index in [1.165, 1.54) is 82.3 Å². The Labute approximate surface area is 366 Å². The van der Waals surface area contributed by atoms with Crippen molar-refractivity contribution in [2.75, 3.05) is 0 Å². The zero-order valence-electron chi connectivity index (χ0n) is 34.5. The first-order valence-corrected chi connectivity index (χ1v) is 21.7. The van der Waals surface area contributed by atoms with Crippen molar-refractivity contribution in [3.63, 3.8) is 0 Å². The molecule has 0 fully saturated rings. The summed E-state index contributed by atoms with van der Waals surface area (Å²) in [5, 5.41) is 11.2. The van der Waals surface area contributed by atoms with E-state index >= 15 is 0 Å². The van der Waals surface area contributed by atoms with Gasteiger partial charge < -0.3 is 9.88 Å². The quantitative estimate of drug-likeness (QED) is 0.171. The molecule has 0 radical (unpaired) electrons. The van der Waals surface area contributed by atoms with Crippen molar-refractivity contribution in [1.82, 2.24) is 9.88 Å². The number of nitrogens with zero attached hydrogens (tertiary/aromatic N) is 2. The largest absolute Gasteiger partial charge is 0.359 e. The molecule has 63 heavy (non-hydrogen) atoms. The van der Waals surface area contributed by atoms with E-state index in [0.717, 1.165) is 28.3 Å². The first-order valence-electron chi connectivity index (χ1n) is 21.7. The summed E-state index contributed by atoms with van der Waals surface area (Å²) in [6.45, 7) is 0. The Bertz CT molecular complexity index is 3560. The molecule has 3 heteroatoms. The minimum Gasteiger partial charge on any atom is -0.359 e. The Hall–Kier alpha value is -8.27. The van der Waals surface area contributed by atoms with Crippen LogP contribution in [0, 0.1) is 0 Å². The Morgan fingerprint density at radius 2 is 0.952 bits per heavy atom. The van der Waals surface area contributed by atoms with Crippen molar-refractivity contribution in [3.05, 3.63) is 253 Å². The monoisotopic (exact) mass is 803 g/mol. The summed E-state index contributed by atoms with van der Waals surface area (Å²) in [6.07, 6.45) is 2.31. The molecule has 11 aromatic rings. The highest BCUT2D eigenvalue weighted by atomic mass is 15.0. The molecule has 0 saturated carbocycles. The zero-order valence-corrected chi connectivity index (χ0v) is 34.5. The van der Waals surface area contributed by atoms with Crippen molar-refractivity contribution in [3.8, 4) is 39.1 Å². The molecule has 1 N–H and O–H groups in total. The van der Waals surface area contributed by atoms with Gasteiger partial charge in [0.15, 0.2) is 0 Å². The number of para-hydroxylation sites is 2. The fourth-order valence-electron chi connectivity index (χ4n) is 9.69.